The summed E-state index contributed by atoms with van der Waals surface area (Å²) in [4.78, 5) is 2.94. The Morgan fingerprint density at radius 3 is 2.45 bits per heavy atom. The van der Waals surface area contributed by atoms with Crippen molar-refractivity contribution in [2.75, 3.05) is 31.7 Å². The number of allylic oxidation sites excluding steroid dienone is 2. The van der Waals surface area contributed by atoms with Crippen LogP contribution in [0.3, 0.4) is 0 Å². The van der Waals surface area contributed by atoms with Crippen molar-refractivity contribution in [1.29, 1.82) is 5.26 Å². The van der Waals surface area contributed by atoms with E-state index in [2.05, 4.69) is 40.0 Å². The van der Waals surface area contributed by atoms with E-state index in [9.17, 15) is 15.5 Å². The fourth-order valence-electron chi connectivity index (χ4n) is 3.43. The average Bonchev–Trinajstić information content (AvgIpc) is 2.78. The van der Waals surface area contributed by atoms with Crippen LogP contribution in [-0.4, -0.2) is 60.6 Å². The van der Waals surface area contributed by atoms with Crippen LogP contribution < -0.4 is 9.62 Å². The van der Waals surface area contributed by atoms with Gasteiger partial charge in [-0.15, -0.1) is 0 Å². The summed E-state index contributed by atoms with van der Waals surface area (Å²) in [5, 5.41) is 36.1. The van der Waals surface area contributed by atoms with E-state index in [1.54, 1.807) is 0 Å². The molecule has 0 saturated carbocycles. The standard InChI is InChI=1S/C20H27N3O3S.CH4O/c1-14(15-5-7-16(8-6-15)23-9-3-2-4-10-23)19(12-21)27-22-18-11-17(24)13-26-20(18)25;1-2/h5-8,17-18,20,22,24-25H,2-4,9-11,13H2,1H3;2H,1H3/b19-14+;. The Kier molecular flexibility index (Phi) is 9.94. The monoisotopic (exact) mass is 421 g/mol. The van der Waals surface area contributed by atoms with Gasteiger partial charge in [0.2, 0.25) is 0 Å². The molecule has 0 bridgehead atoms. The molecule has 0 aromatic heterocycles. The highest BCUT2D eigenvalue weighted by Gasteiger charge is 2.29. The zero-order valence-electron chi connectivity index (χ0n) is 17.0. The number of nitriles is 1. The smallest absolute Gasteiger partial charge is 0.171 e. The first kappa shape index (κ1) is 23.7. The maximum absolute atomic E-state index is 9.87. The summed E-state index contributed by atoms with van der Waals surface area (Å²) in [6, 6.07) is 10.2. The predicted octanol–water partition coefficient (Wildman–Crippen LogP) is 2.25. The fraction of sp³-hybridized carbons (Fsp3) is 0.571. The Morgan fingerprint density at radius 1 is 1.17 bits per heavy atom. The van der Waals surface area contributed by atoms with Crippen LogP contribution in [-0.2, 0) is 4.74 Å². The SMILES string of the molecule is C/C(=C(/C#N)SNC1CC(O)COC1O)c1ccc(N2CCCCC2)cc1.CO. The van der Waals surface area contributed by atoms with Crippen LogP contribution in [0.2, 0.25) is 0 Å². The zero-order chi connectivity index (χ0) is 21.2. The second-order valence-electron chi connectivity index (χ2n) is 7.10. The van der Waals surface area contributed by atoms with Gasteiger partial charge >= 0.3 is 0 Å². The first-order valence-corrected chi connectivity index (χ1v) is 10.7. The number of piperidine rings is 1. The molecular weight excluding hydrogens is 390 g/mol. The van der Waals surface area contributed by atoms with Gasteiger partial charge in [0.05, 0.1) is 18.8 Å². The molecule has 1 aromatic rings. The molecule has 3 unspecified atom stereocenters. The lowest BCUT2D eigenvalue weighted by Gasteiger charge is -2.31. The molecule has 2 aliphatic rings. The molecule has 1 aromatic carbocycles. The van der Waals surface area contributed by atoms with Crippen molar-refractivity contribution >= 4 is 23.2 Å². The van der Waals surface area contributed by atoms with Gasteiger partial charge in [0.15, 0.2) is 6.29 Å². The van der Waals surface area contributed by atoms with E-state index in [1.165, 1.54) is 36.9 Å². The molecule has 3 rings (SSSR count). The molecule has 29 heavy (non-hydrogen) atoms. The molecule has 8 heteroatoms. The van der Waals surface area contributed by atoms with Crippen LogP contribution in [0, 0.1) is 11.3 Å². The molecular formula is C21H31N3O4S. The number of ether oxygens (including phenoxy) is 1. The number of benzene rings is 1. The van der Waals surface area contributed by atoms with E-state index in [-0.39, 0.29) is 6.61 Å². The minimum atomic E-state index is -0.982. The first-order valence-electron chi connectivity index (χ1n) is 9.89. The number of rotatable bonds is 5. The van der Waals surface area contributed by atoms with E-state index in [0.29, 0.717) is 11.3 Å². The van der Waals surface area contributed by atoms with E-state index in [4.69, 9.17) is 9.84 Å². The predicted molar refractivity (Wildman–Crippen MR) is 116 cm³/mol. The number of nitrogens with zero attached hydrogens (tertiary/aromatic N) is 2. The third kappa shape index (κ3) is 6.71. The highest BCUT2D eigenvalue weighted by Crippen LogP contribution is 2.28. The number of anilines is 1. The molecule has 0 aliphatic carbocycles. The van der Waals surface area contributed by atoms with Crippen LogP contribution in [0.4, 0.5) is 5.69 Å². The Balaban J connectivity index is 0.00000145. The highest BCUT2D eigenvalue weighted by molar-refractivity contribution is 8.01. The highest BCUT2D eigenvalue weighted by atomic mass is 32.2. The third-order valence-electron chi connectivity index (χ3n) is 5.11. The zero-order valence-corrected chi connectivity index (χ0v) is 17.9. The van der Waals surface area contributed by atoms with Crippen LogP contribution in [0.15, 0.2) is 29.2 Å². The summed E-state index contributed by atoms with van der Waals surface area (Å²) in [6.45, 7) is 4.27. The normalized spacial score (nSPS) is 25.4. The quantitative estimate of drug-likeness (QED) is 0.423. The van der Waals surface area contributed by atoms with Crippen molar-refractivity contribution in [3.63, 3.8) is 0 Å². The lowest BCUT2D eigenvalue weighted by atomic mass is 10.1. The number of aliphatic hydroxyl groups excluding tert-OH is 3. The van der Waals surface area contributed by atoms with Gasteiger partial charge in [-0.05, 0) is 67.8 Å². The third-order valence-corrected chi connectivity index (χ3v) is 6.13. The van der Waals surface area contributed by atoms with Crippen molar-refractivity contribution in [3.8, 4) is 6.07 Å². The van der Waals surface area contributed by atoms with Gasteiger partial charge in [0, 0.05) is 25.9 Å². The molecule has 3 atom stereocenters. The molecule has 4 N–H and O–H groups in total. The van der Waals surface area contributed by atoms with E-state index in [0.717, 1.165) is 31.3 Å². The molecule has 160 valence electrons. The molecule has 2 saturated heterocycles. The first-order chi connectivity index (χ1) is 14.1. The Labute approximate surface area is 177 Å². The van der Waals surface area contributed by atoms with Crippen molar-refractivity contribution in [1.82, 2.24) is 4.72 Å². The number of nitrogens with one attached hydrogen (secondary N) is 1. The van der Waals surface area contributed by atoms with Gasteiger partial charge in [-0.2, -0.15) is 5.26 Å². The summed E-state index contributed by atoms with van der Waals surface area (Å²) in [5.74, 6) is 0. The van der Waals surface area contributed by atoms with Gasteiger partial charge in [-0.25, -0.2) is 0 Å². The maximum Gasteiger partial charge on any atom is 0.171 e. The number of hydrogen-bond donors (Lipinski definition) is 4. The molecule has 0 spiro atoms. The lowest BCUT2D eigenvalue weighted by Crippen LogP contribution is -2.46. The molecule has 2 heterocycles. The summed E-state index contributed by atoms with van der Waals surface area (Å²) in [6.07, 6.45) is 2.59. The van der Waals surface area contributed by atoms with Crippen LogP contribution in [0.5, 0.6) is 0 Å². The van der Waals surface area contributed by atoms with E-state index >= 15 is 0 Å². The minimum absolute atomic E-state index is 0.132. The minimum Gasteiger partial charge on any atom is -0.400 e. The Hall–Kier alpha value is -1.60. The van der Waals surface area contributed by atoms with Crippen LogP contribution >= 0.6 is 11.9 Å². The second kappa shape index (κ2) is 12.2. The van der Waals surface area contributed by atoms with Crippen molar-refractivity contribution < 1.29 is 20.1 Å². The maximum atomic E-state index is 9.87. The van der Waals surface area contributed by atoms with Crippen molar-refractivity contribution in [2.24, 2.45) is 0 Å². The van der Waals surface area contributed by atoms with Gasteiger partial charge in [-0.3, -0.25) is 4.72 Å². The second-order valence-corrected chi connectivity index (χ2v) is 7.95. The molecule has 7 nitrogen and oxygen atoms in total. The topological polar surface area (TPSA) is 109 Å². The Bertz CT molecular complexity index is 699. The number of hydrogen-bond acceptors (Lipinski definition) is 8. The molecule has 2 aliphatic heterocycles. The average molecular weight is 422 g/mol. The summed E-state index contributed by atoms with van der Waals surface area (Å²) in [7, 11) is 1.00. The van der Waals surface area contributed by atoms with Crippen molar-refractivity contribution in [2.45, 2.75) is 51.0 Å². The van der Waals surface area contributed by atoms with Crippen LogP contribution in [0.25, 0.3) is 5.57 Å². The van der Waals surface area contributed by atoms with Crippen LogP contribution in [0.1, 0.15) is 38.2 Å². The molecule has 2 fully saturated rings. The summed E-state index contributed by atoms with van der Waals surface area (Å²) >= 11 is 1.18. The van der Waals surface area contributed by atoms with Gasteiger partial charge < -0.3 is 25.0 Å². The van der Waals surface area contributed by atoms with Gasteiger partial charge in [0.25, 0.3) is 0 Å². The van der Waals surface area contributed by atoms with Crippen molar-refractivity contribution in [3.05, 3.63) is 34.7 Å². The largest absolute Gasteiger partial charge is 0.400 e. The summed E-state index contributed by atoms with van der Waals surface area (Å²) < 4.78 is 8.17. The van der Waals surface area contributed by atoms with E-state index < -0.39 is 18.4 Å². The number of aliphatic hydroxyl groups is 3. The molecule has 0 amide bonds. The van der Waals surface area contributed by atoms with E-state index in [1.807, 2.05) is 6.92 Å². The molecule has 0 radical (unpaired) electrons. The lowest BCUT2D eigenvalue weighted by molar-refractivity contribution is -0.168. The fourth-order valence-corrected chi connectivity index (χ4v) is 4.23. The Morgan fingerprint density at radius 2 is 1.83 bits per heavy atom. The summed E-state index contributed by atoms with van der Waals surface area (Å²) in [5.41, 5.74) is 3.11. The van der Waals surface area contributed by atoms with Gasteiger partial charge in [0.1, 0.15) is 11.0 Å². The van der Waals surface area contributed by atoms with Gasteiger partial charge in [-0.1, -0.05) is 12.1 Å².